The van der Waals surface area contributed by atoms with Crippen LogP contribution >= 0.6 is 0 Å². The Labute approximate surface area is 78.2 Å². The topological polar surface area (TPSA) is 42.0 Å². The van der Waals surface area contributed by atoms with Crippen LogP contribution in [0.5, 0.6) is 0 Å². The maximum absolute atomic E-state index is 11.1. The van der Waals surface area contributed by atoms with Gasteiger partial charge in [0, 0.05) is 18.4 Å². The first kappa shape index (κ1) is 9.71. The average molecular weight is 178 g/mol. The summed E-state index contributed by atoms with van der Waals surface area (Å²) in [7, 11) is 1.64. The molecule has 0 aromatic carbocycles. The van der Waals surface area contributed by atoms with Crippen LogP contribution < -0.4 is 5.32 Å². The highest BCUT2D eigenvalue weighted by Gasteiger charge is 2.04. The van der Waals surface area contributed by atoms with E-state index in [-0.39, 0.29) is 5.91 Å². The molecule has 3 heteroatoms. The van der Waals surface area contributed by atoms with E-state index in [1.807, 2.05) is 26.0 Å². The maximum Gasteiger partial charge on any atom is 0.224 e. The van der Waals surface area contributed by atoms with Gasteiger partial charge in [0.25, 0.3) is 0 Å². The van der Waals surface area contributed by atoms with Crippen molar-refractivity contribution < 1.29 is 4.79 Å². The second-order valence-electron chi connectivity index (χ2n) is 3.05. The summed E-state index contributed by atoms with van der Waals surface area (Å²) in [5.74, 6) is 0.0220. The molecule has 0 radical (unpaired) electrons. The number of carbonyl (C=O) groups is 1. The van der Waals surface area contributed by atoms with Gasteiger partial charge in [-0.1, -0.05) is 6.07 Å². The Morgan fingerprint density at radius 3 is 2.69 bits per heavy atom. The summed E-state index contributed by atoms with van der Waals surface area (Å²) in [5.41, 5.74) is 2.91. The summed E-state index contributed by atoms with van der Waals surface area (Å²) in [6, 6.07) is 3.87. The van der Waals surface area contributed by atoms with Crippen LogP contribution in [0.1, 0.15) is 17.0 Å². The van der Waals surface area contributed by atoms with Crippen LogP contribution in [0.15, 0.2) is 12.1 Å². The Kier molecular flexibility index (Phi) is 3.01. The number of nitrogens with zero attached hydrogens (tertiary/aromatic N) is 1. The van der Waals surface area contributed by atoms with Crippen LogP contribution in [0.2, 0.25) is 0 Å². The molecule has 0 aliphatic rings. The molecule has 1 rings (SSSR count). The summed E-state index contributed by atoms with van der Waals surface area (Å²) in [6.07, 6.45) is 0.412. The van der Waals surface area contributed by atoms with Gasteiger partial charge in [-0.05, 0) is 25.5 Å². The van der Waals surface area contributed by atoms with E-state index in [9.17, 15) is 4.79 Å². The molecule has 1 amide bonds. The quantitative estimate of drug-likeness (QED) is 0.733. The number of amides is 1. The highest BCUT2D eigenvalue weighted by atomic mass is 16.1. The van der Waals surface area contributed by atoms with Gasteiger partial charge in [-0.15, -0.1) is 0 Å². The lowest BCUT2D eigenvalue weighted by Crippen LogP contribution is -2.20. The predicted octanol–water partition coefficient (Wildman–Crippen LogP) is 0.987. The molecule has 1 heterocycles. The second kappa shape index (κ2) is 4.03. The molecule has 3 nitrogen and oxygen atoms in total. The van der Waals surface area contributed by atoms with E-state index in [0.29, 0.717) is 6.42 Å². The summed E-state index contributed by atoms with van der Waals surface area (Å²) < 4.78 is 0. The molecule has 0 aliphatic heterocycles. The smallest absolute Gasteiger partial charge is 0.224 e. The van der Waals surface area contributed by atoms with Gasteiger partial charge in [0.1, 0.15) is 0 Å². The zero-order valence-corrected chi connectivity index (χ0v) is 8.22. The van der Waals surface area contributed by atoms with E-state index < -0.39 is 0 Å². The lowest BCUT2D eigenvalue weighted by Gasteiger charge is -2.04. The third-order valence-corrected chi connectivity index (χ3v) is 1.96. The van der Waals surface area contributed by atoms with Gasteiger partial charge < -0.3 is 5.32 Å². The first-order valence-corrected chi connectivity index (χ1v) is 4.27. The molecule has 1 aromatic rings. The van der Waals surface area contributed by atoms with Gasteiger partial charge >= 0.3 is 0 Å². The van der Waals surface area contributed by atoms with Gasteiger partial charge in [0.15, 0.2) is 0 Å². The van der Waals surface area contributed by atoms with E-state index in [0.717, 1.165) is 17.0 Å². The number of pyridine rings is 1. The summed E-state index contributed by atoms with van der Waals surface area (Å²) >= 11 is 0. The maximum atomic E-state index is 11.1. The molecule has 0 aliphatic carbocycles. The van der Waals surface area contributed by atoms with E-state index >= 15 is 0 Å². The van der Waals surface area contributed by atoms with Crippen LogP contribution in [0.25, 0.3) is 0 Å². The van der Waals surface area contributed by atoms with Crippen molar-refractivity contribution in [2.75, 3.05) is 7.05 Å². The van der Waals surface area contributed by atoms with Crippen molar-refractivity contribution in [1.82, 2.24) is 10.3 Å². The molecule has 0 unspecified atom stereocenters. The minimum atomic E-state index is 0.0220. The third kappa shape index (κ3) is 2.54. The van der Waals surface area contributed by atoms with E-state index in [2.05, 4.69) is 10.3 Å². The van der Waals surface area contributed by atoms with Gasteiger partial charge in [0.05, 0.1) is 6.42 Å². The van der Waals surface area contributed by atoms with Crippen molar-refractivity contribution in [3.05, 3.63) is 29.1 Å². The van der Waals surface area contributed by atoms with Crippen LogP contribution in [0, 0.1) is 13.8 Å². The van der Waals surface area contributed by atoms with E-state index in [4.69, 9.17) is 0 Å². The zero-order valence-electron chi connectivity index (χ0n) is 8.22. The first-order chi connectivity index (χ1) is 6.13. The van der Waals surface area contributed by atoms with E-state index in [1.165, 1.54) is 0 Å². The Morgan fingerprint density at radius 2 is 2.15 bits per heavy atom. The molecule has 0 bridgehead atoms. The van der Waals surface area contributed by atoms with Crippen molar-refractivity contribution in [3.8, 4) is 0 Å². The first-order valence-electron chi connectivity index (χ1n) is 4.27. The molecule has 13 heavy (non-hydrogen) atoms. The molecule has 0 saturated carbocycles. The van der Waals surface area contributed by atoms with Gasteiger partial charge in [-0.25, -0.2) is 0 Å². The SMILES string of the molecule is CNC(=O)Cc1ccc(C)nc1C. The lowest BCUT2D eigenvalue weighted by atomic mass is 10.1. The highest BCUT2D eigenvalue weighted by Crippen LogP contribution is 2.06. The number of carbonyl (C=O) groups excluding carboxylic acids is 1. The molecule has 0 fully saturated rings. The molecular weight excluding hydrogens is 164 g/mol. The zero-order chi connectivity index (χ0) is 9.84. The molecule has 1 N–H and O–H groups in total. The number of likely N-dealkylation sites (N-methyl/N-ethyl adjacent to an activating group) is 1. The average Bonchev–Trinajstić information content (AvgIpc) is 2.09. The largest absolute Gasteiger partial charge is 0.359 e. The van der Waals surface area contributed by atoms with Crippen molar-refractivity contribution in [2.24, 2.45) is 0 Å². The lowest BCUT2D eigenvalue weighted by molar-refractivity contribution is -0.119. The van der Waals surface area contributed by atoms with Gasteiger partial charge in [-0.2, -0.15) is 0 Å². The normalized spacial score (nSPS) is 9.77. The Balaban J connectivity index is 2.83. The molecule has 0 atom stereocenters. The van der Waals surface area contributed by atoms with Crippen molar-refractivity contribution in [2.45, 2.75) is 20.3 Å². The Bertz CT molecular complexity index is 321. The number of nitrogens with one attached hydrogen (secondary N) is 1. The van der Waals surface area contributed by atoms with Crippen molar-refractivity contribution >= 4 is 5.91 Å². The van der Waals surface area contributed by atoms with Crippen molar-refractivity contribution in [1.29, 1.82) is 0 Å². The minimum Gasteiger partial charge on any atom is -0.359 e. The standard InChI is InChI=1S/C10H14N2O/c1-7-4-5-9(8(2)12-7)6-10(13)11-3/h4-5H,6H2,1-3H3,(H,11,13). The fourth-order valence-corrected chi connectivity index (χ4v) is 1.16. The number of aromatic nitrogens is 1. The van der Waals surface area contributed by atoms with Crippen molar-refractivity contribution in [3.63, 3.8) is 0 Å². The van der Waals surface area contributed by atoms with Gasteiger partial charge in [0.2, 0.25) is 5.91 Å². The summed E-state index contributed by atoms with van der Waals surface area (Å²) in [6.45, 7) is 3.86. The fraction of sp³-hybridized carbons (Fsp3) is 0.400. The Morgan fingerprint density at radius 1 is 1.46 bits per heavy atom. The predicted molar refractivity (Wildman–Crippen MR) is 51.5 cm³/mol. The summed E-state index contributed by atoms with van der Waals surface area (Å²) in [5, 5.41) is 2.59. The molecule has 1 aromatic heterocycles. The minimum absolute atomic E-state index is 0.0220. The fourth-order valence-electron chi connectivity index (χ4n) is 1.16. The summed E-state index contributed by atoms with van der Waals surface area (Å²) in [4.78, 5) is 15.4. The number of aryl methyl sites for hydroxylation is 2. The number of hydrogen-bond acceptors (Lipinski definition) is 2. The molecular formula is C10H14N2O. The second-order valence-corrected chi connectivity index (χ2v) is 3.05. The molecule has 0 saturated heterocycles. The Hall–Kier alpha value is -1.38. The van der Waals surface area contributed by atoms with E-state index in [1.54, 1.807) is 7.05 Å². The van der Waals surface area contributed by atoms with Crippen LogP contribution in [-0.2, 0) is 11.2 Å². The van der Waals surface area contributed by atoms with Crippen LogP contribution in [-0.4, -0.2) is 17.9 Å². The monoisotopic (exact) mass is 178 g/mol. The van der Waals surface area contributed by atoms with Crippen LogP contribution in [0.3, 0.4) is 0 Å². The third-order valence-electron chi connectivity index (χ3n) is 1.96. The number of rotatable bonds is 2. The number of hydrogen-bond donors (Lipinski definition) is 1. The van der Waals surface area contributed by atoms with Gasteiger partial charge in [-0.3, -0.25) is 9.78 Å². The highest BCUT2D eigenvalue weighted by molar-refractivity contribution is 5.78. The molecule has 0 spiro atoms. The molecule has 70 valence electrons. The van der Waals surface area contributed by atoms with Crippen LogP contribution in [0.4, 0.5) is 0 Å².